The van der Waals surface area contributed by atoms with Crippen molar-refractivity contribution in [1.82, 2.24) is 15.0 Å². The summed E-state index contributed by atoms with van der Waals surface area (Å²) >= 11 is 1.88. The van der Waals surface area contributed by atoms with Crippen LogP contribution in [0.1, 0.15) is 13.8 Å². The molecule has 1 fully saturated rings. The SMILES string of the molecule is CCSCC(C)Nc1nc(NN)nc(N2CCOCC2)n1. The molecule has 1 atom stereocenters. The van der Waals surface area contributed by atoms with Gasteiger partial charge in [-0.1, -0.05) is 6.92 Å². The van der Waals surface area contributed by atoms with E-state index in [1.165, 1.54) is 0 Å². The summed E-state index contributed by atoms with van der Waals surface area (Å²) in [5, 5.41) is 3.29. The lowest BCUT2D eigenvalue weighted by atomic mass is 10.4. The molecular weight excluding hydrogens is 290 g/mol. The van der Waals surface area contributed by atoms with Gasteiger partial charge in [-0.25, -0.2) is 5.84 Å². The molecule has 118 valence electrons. The smallest absolute Gasteiger partial charge is 0.243 e. The Kier molecular flexibility index (Phi) is 6.27. The largest absolute Gasteiger partial charge is 0.378 e. The molecule has 1 unspecified atom stereocenters. The maximum absolute atomic E-state index is 5.45. The van der Waals surface area contributed by atoms with E-state index in [1.807, 2.05) is 11.8 Å². The van der Waals surface area contributed by atoms with Gasteiger partial charge in [0.1, 0.15) is 0 Å². The average Bonchev–Trinajstić information content (AvgIpc) is 2.53. The molecule has 2 heterocycles. The first-order chi connectivity index (χ1) is 10.2. The second-order valence-corrected chi connectivity index (χ2v) is 6.05. The van der Waals surface area contributed by atoms with E-state index in [1.54, 1.807) is 0 Å². The van der Waals surface area contributed by atoms with Gasteiger partial charge in [0, 0.05) is 24.9 Å². The molecule has 1 saturated heterocycles. The van der Waals surface area contributed by atoms with Gasteiger partial charge in [0.25, 0.3) is 0 Å². The highest BCUT2D eigenvalue weighted by Gasteiger charge is 2.17. The Hall–Kier alpha value is -1.32. The van der Waals surface area contributed by atoms with Gasteiger partial charge < -0.3 is 15.0 Å². The van der Waals surface area contributed by atoms with Gasteiger partial charge in [0.15, 0.2) is 0 Å². The van der Waals surface area contributed by atoms with Crippen molar-refractivity contribution in [2.45, 2.75) is 19.9 Å². The molecule has 9 heteroatoms. The maximum Gasteiger partial charge on any atom is 0.243 e. The highest BCUT2D eigenvalue weighted by atomic mass is 32.2. The Balaban J connectivity index is 2.09. The van der Waals surface area contributed by atoms with Crippen LogP contribution in [0.2, 0.25) is 0 Å². The fourth-order valence-corrected chi connectivity index (χ4v) is 2.63. The molecule has 0 spiro atoms. The normalized spacial score (nSPS) is 16.6. The van der Waals surface area contributed by atoms with Crippen LogP contribution in [0.25, 0.3) is 0 Å². The van der Waals surface area contributed by atoms with Crippen LogP contribution in [0.5, 0.6) is 0 Å². The van der Waals surface area contributed by atoms with Gasteiger partial charge in [-0.2, -0.15) is 26.7 Å². The van der Waals surface area contributed by atoms with Gasteiger partial charge in [0.05, 0.1) is 13.2 Å². The summed E-state index contributed by atoms with van der Waals surface area (Å²) in [6.07, 6.45) is 0. The number of nitrogens with one attached hydrogen (secondary N) is 2. The van der Waals surface area contributed by atoms with Crippen molar-refractivity contribution < 1.29 is 4.74 Å². The number of nitrogens with two attached hydrogens (primary N) is 1. The summed E-state index contributed by atoms with van der Waals surface area (Å²) in [7, 11) is 0. The third-order valence-electron chi connectivity index (χ3n) is 2.99. The van der Waals surface area contributed by atoms with Crippen molar-refractivity contribution in [1.29, 1.82) is 0 Å². The number of morpholine rings is 1. The molecule has 1 aromatic rings. The van der Waals surface area contributed by atoms with E-state index < -0.39 is 0 Å². The molecule has 0 bridgehead atoms. The topological polar surface area (TPSA) is 101 Å². The lowest BCUT2D eigenvalue weighted by molar-refractivity contribution is 0.122. The van der Waals surface area contributed by atoms with Crippen molar-refractivity contribution in [2.24, 2.45) is 5.84 Å². The molecule has 0 saturated carbocycles. The zero-order valence-corrected chi connectivity index (χ0v) is 13.3. The zero-order valence-electron chi connectivity index (χ0n) is 12.5. The second kappa shape index (κ2) is 8.20. The Morgan fingerprint density at radius 2 is 2.00 bits per heavy atom. The van der Waals surface area contributed by atoms with Crippen LogP contribution in [0.4, 0.5) is 17.8 Å². The molecule has 0 amide bonds. The Morgan fingerprint density at radius 3 is 2.67 bits per heavy atom. The molecular formula is C12H23N7OS. The first-order valence-corrected chi connectivity index (χ1v) is 8.28. The van der Waals surface area contributed by atoms with Crippen molar-refractivity contribution >= 4 is 29.6 Å². The fourth-order valence-electron chi connectivity index (χ4n) is 1.96. The summed E-state index contributed by atoms with van der Waals surface area (Å²) < 4.78 is 5.35. The predicted molar refractivity (Wildman–Crippen MR) is 86.8 cm³/mol. The van der Waals surface area contributed by atoms with Crippen LogP contribution in [0, 0.1) is 0 Å². The van der Waals surface area contributed by atoms with Crippen LogP contribution in [-0.4, -0.2) is 58.8 Å². The third-order valence-corrected chi connectivity index (χ3v) is 4.14. The minimum absolute atomic E-state index is 0.278. The van der Waals surface area contributed by atoms with Crippen molar-refractivity contribution in [3.63, 3.8) is 0 Å². The number of hydrogen-bond acceptors (Lipinski definition) is 9. The highest BCUT2D eigenvalue weighted by molar-refractivity contribution is 7.99. The number of hydrogen-bond donors (Lipinski definition) is 3. The molecule has 1 aromatic heterocycles. The number of rotatable bonds is 7. The van der Waals surface area contributed by atoms with Gasteiger partial charge in [-0.05, 0) is 12.7 Å². The van der Waals surface area contributed by atoms with Crippen molar-refractivity contribution in [3.8, 4) is 0 Å². The first-order valence-electron chi connectivity index (χ1n) is 7.12. The first kappa shape index (κ1) is 16.1. The number of thioether (sulfide) groups is 1. The lowest BCUT2D eigenvalue weighted by Gasteiger charge is -2.27. The van der Waals surface area contributed by atoms with Crippen LogP contribution in [0.15, 0.2) is 0 Å². The van der Waals surface area contributed by atoms with Gasteiger partial charge in [0.2, 0.25) is 17.8 Å². The minimum Gasteiger partial charge on any atom is -0.378 e. The molecule has 0 aromatic carbocycles. The number of hydrazine groups is 1. The molecule has 1 aliphatic rings. The zero-order chi connectivity index (χ0) is 15.1. The van der Waals surface area contributed by atoms with E-state index >= 15 is 0 Å². The van der Waals surface area contributed by atoms with Gasteiger partial charge in [-0.15, -0.1) is 0 Å². The summed E-state index contributed by atoms with van der Waals surface area (Å²) in [6, 6.07) is 0.278. The van der Waals surface area contributed by atoms with Crippen LogP contribution in [-0.2, 0) is 4.74 Å². The molecule has 0 radical (unpaired) electrons. The van der Waals surface area contributed by atoms with E-state index in [-0.39, 0.29) is 6.04 Å². The number of ether oxygens (including phenoxy) is 1. The highest BCUT2D eigenvalue weighted by Crippen LogP contribution is 2.15. The second-order valence-electron chi connectivity index (χ2n) is 4.73. The Bertz CT molecular complexity index is 442. The summed E-state index contributed by atoms with van der Waals surface area (Å²) in [4.78, 5) is 15.1. The van der Waals surface area contributed by atoms with E-state index in [2.05, 4.69) is 44.4 Å². The van der Waals surface area contributed by atoms with E-state index in [0.717, 1.165) is 24.6 Å². The van der Waals surface area contributed by atoms with Crippen molar-refractivity contribution in [2.75, 3.05) is 53.5 Å². The molecule has 8 nitrogen and oxygen atoms in total. The molecule has 21 heavy (non-hydrogen) atoms. The van der Waals surface area contributed by atoms with Crippen LogP contribution < -0.4 is 21.5 Å². The number of nitrogens with zero attached hydrogens (tertiary/aromatic N) is 4. The monoisotopic (exact) mass is 313 g/mol. The molecule has 0 aliphatic carbocycles. The van der Waals surface area contributed by atoms with Crippen LogP contribution >= 0.6 is 11.8 Å². The Labute approximate surface area is 129 Å². The van der Waals surface area contributed by atoms with E-state index in [0.29, 0.717) is 31.1 Å². The summed E-state index contributed by atoms with van der Waals surface area (Å²) in [5.74, 6) is 9.08. The van der Waals surface area contributed by atoms with E-state index in [4.69, 9.17) is 10.6 Å². The maximum atomic E-state index is 5.45. The van der Waals surface area contributed by atoms with E-state index in [9.17, 15) is 0 Å². The third kappa shape index (κ3) is 4.87. The van der Waals surface area contributed by atoms with Gasteiger partial charge >= 0.3 is 0 Å². The van der Waals surface area contributed by atoms with Crippen LogP contribution in [0.3, 0.4) is 0 Å². The number of aromatic nitrogens is 3. The number of nitrogen functional groups attached to an aromatic ring is 1. The number of anilines is 3. The summed E-state index contributed by atoms with van der Waals surface area (Å²) in [5.41, 5.74) is 2.50. The van der Waals surface area contributed by atoms with Gasteiger partial charge in [-0.3, -0.25) is 5.43 Å². The minimum atomic E-state index is 0.278. The fraction of sp³-hybridized carbons (Fsp3) is 0.750. The predicted octanol–water partition coefficient (Wildman–Crippen LogP) is 0.547. The Morgan fingerprint density at radius 1 is 1.29 bits per heavy atom. The van der Waals surface area contributed by atoms with Crippen molar-refractivity contribution in [3.05, 3.63) is 0 Å². The molecule has 4 N–H and O–H groups in total. The standard InChI is InChI=1S/C12H23N7OS/c1-3-21-8-9(2)14-10-15-11(18-13)17-12(16-10)19-4-6-20-7-5-19/h9H,3-8,13H2,1-2H3,(H2,14,15,16,17,18). The average molecular weight is 313 g/mol. The summed E-state index contributed by atoms with van der Waals surface area (Å²) in [6.45, 7) is 7.17. The quantitative estimate of drug-likeness (QED) is 0.492. The molecule has 2 rings (SSSR count). The molecule has 1 aliphatic heterocycles. The lowest BCUT2D eigenvalue weighted by Crippen LogP contribution is -2.38.